The molecule has 0 aliphatic carbocycles. The highest BCUT2D eigenvalue weighted by atomic mass is 32.2. The first kappa shape index (κ1) is 16.4. The molecule has 1 unspecified atom stereocenters. The monoisotopic (exact) mass is 281 g/mol. The highest BCUT2D eigenvalue weighted by Crippen LogP contribution is 2.20. The molecule has 19 heavy (non-hydrogen) atoms. The molecule has 0 aliphatic rings. The van der Waals surface area contributed by atoms with E-state index in [4.69, 9.17) is 10.5 Å². The Hall–Kier alpha value is -0.670. The van der Waals surface area contributed by atoms with Gasteiger partial charge in [-0.25, -0.2) is 0 Å². The lowest BCUT2D eigenvalue weighted by atomic mass is 10.1. The molecule has 2 nitrogen and oxygen atoms in total. The van der Waals surface area contributed by atoms with E-state index in [0.29, 0.717) is 0 Å². The predicted molar refractivity (Wildman–Crippen MR) is 86.0 cm³/mol. The van der Waals surface area contributed by atoms with Crippen molar-refractivity contribution in [2.24, 2.45) is 5.73 Å². The zero-order valence-electron chi connectivity index (χ0n) is 12.4. The first-order chi connectivity index (χ1) is 9.13. The summed E-state index contributed by atoms with van der Waals surface area (Å²) in [7, 11) is 0. The van der Waals surface area contributed by atoms with E-state index in [-0.39, 0.29) is 12.1 Å². The smallest absolute Gasteiger partial charge is 0.119 e. The van der Waals surface area contributed by atoms with Crippen LogP contribution in [0.2, 0.25) is 0 Å². The van der Waals surface area contributed by atoms with Crippen molar-refractivity contribution in [2.75, 3.05) is 11.5 Å². The number of nitrogens with two attached hydrogens (primary N) is 1. The van der Waals surface area contributed by atoms with Crippen molar-refractivity contribution >= 4 is 11.8 Å². The molecule has 1 atom stereocenters. The first-order valence-electron chi connectivity index (χ1n) is 7.23. The maximum absolute atomic E-state index is 6.20. The van der Waals surface area contributed by atoms with Crippen LogP contribution in [0.25, 0.3) is 0 Å². The minimum Gasteiger partial charge on any atom is -0.491 e. The second-order valence-electron chi connectivity index (χ2n) is 5.12. The zero-order valence-corrected chi connectivity index (χ0v) is 13.2. The summed E-state index contributed by atoms with van der Waals surface area (Å²) in [4.78, 5) is 0. The fraction of sp³-hybridized carbons (Fsp3) is 0.625. The number of benzene rings is 1. The van der Waals surface area contributed by atoms with E-state index in [1.54, 1.807) is 0 Å². The Labute approximate surface area is 122 Å². The van der Waals surface area contributed by atoms with E-state index in [9.17, 15) is 0 Å². The molecule has 2 N–H and O–H groups in total. The summed E-state index contributed by atoms with van der Waals surface area (Å²) in [5.74, 6) is 3.13. The molecule has 0 amide bonds. The van der Waals surface area contributed by atoms with Crippen LogP contribution in [0.15, 0.2) is 24.3 Å². The van der Waals surface area contributed by atoms with Crippen LogP contribution in [-0.2, 0) is 0 Å². The van der Waals surface area contributed by atoms with Crippen molar-refractivity contribution in [1.29, 1.82) is 0 Å². The van der Waals surface area contributed by atoms with Gasteiger partial charge in [-0.05, 0) is 43.7 Å². The molecule has 0 saturated carbocycles. The third-order valence-corrected chi connectivity index (χ3v) is 4.04. The molecular formula is C16H27NOS. The lowest BCUT2D eigenvalue weighted by Crippen LogP contribution is -2.13. The largest absolute Gasteiger partial charge is 0.491 e. The van der Waals surface area contributed by atoms with Crippen LogP contribution in [0.1, 0.15) is 51.6 Å². The van der Waals surface area contributed by atoms with Gasteiger partial charge in [-0.3, -0.25) is 0 Å². The van der Waals surface area contributed by atoms with E-state index in [0.717, 1.165) is 11.5 Å². The van der Waals surface area contributed by atoms with Crippen molar-refractivity contribution in [3.8, 4) is 5.75 Å². The van der Waals surface area contributed by atoms with Crippen molar-refractivity contribution in [2.45, 2.75) is 52.2 Å². The van der Waals surface area contributed by atoms with Crippen molar-refractivity contribution < 1.29 is 4.74 Å². The number of ether oxygens (including phenoxy) is 1. The number of hydrogen-bond donors (Lipinski definition) is 1. The topological polar surface area (TPSA) is 35.2 Å². The molecule has 0 aromatic heterocycles. The second kappa shape index (κ2) is 9.27. The van der Waals surface area contributed by atoms with Gasteiger partial charge in [0.25, 0.3) is 0 Å². The van der Waals surface area contributed by atoms with Gasteiger partial charge in [0.1, 0.15) is 5.75 Å². The Bertz CT molecular complexity index is 337. The number of hydrogen-bond acceptors (Lipinski definition) is 3. The van der Waals surface area contributed by atoms with Crippen molar-refractivity contribution in [1.82, 2.24) is 0 Å². The Balaban J connectivity index is 2.33. The van der Waals surface area contributed by atoms with Crippen LogP contribution < -0.4 is 10.5 Å². The molecule has 0 spiro atoms. The highest BCUT2D eigenvalue weighted by molar-refractivity contribution is 7.99. The lowest BCUT2D eigenvalue weighted by molar-refractivity contribution is 0.242. The molecule has 3 heteroatoms. The summed E-state index contributed by atoms with van der Waals surface area (Å²) in [5.41, 5.74) is 7.39. The molecule has 108 valence electrons. The fourth-order valence-electron chi connectivity index (χ4n) is 1.83. The maximum atomic E-state index is 6.20. The van der Waals surface area contributed by atoms with Crippen LogP contribution in [0.5, 0.6) is 5.75 Å². The van der Waals surface area contributed by atoms with E-state index >= 15 is 0 Å². The van der Waals surface area contributed by atoms with Gasteiger partial charge in [0.2, 0.25) is 0 Å². The minimum atomic E-state index is 0.125. The van der Waals surface area contributed by atoms with Gasteiger partial charge in [-0.2, -0.15) is 11.8 Å². The second-order valence-corrected chi connectivity index (χ2v) is 6.27. The Morgan fingerprint density at radius 2 is 1.84 bits per heavy atom. The van der Waals surface area contributed by atoms with E-state index in [1.807, 2.05) is 37.7 Å². The predicted octanol–water partition coefficient (Wildman–Crippen LogP) is 4.40. The highest BCUT2D eigenvalue weighted by Gasteiger charge is 2.06. The molecule has 1 aromatic rings. The number of rotatable bonds is 9. The Morgan fingerprint density at radius 1 is 1.16 bits per heavy atom. The summed E-state index contributed by atoms with van der Waals surface area (Å²) in [6, 6.07) is 8.30. The molecule has 0 fully saturated rings. The zero-order chi connectivity index (χ0) is 14.1. The van der Waals surface area contributed by atoms with Crippen molar-refractivity contribution in [3.05, 3.63) is 29.8 Å². The summed E-state index contributed by atoms with van der Waals surface area (Å²) >= 11 is 1.95. The summed E-state index contributed by atoms with van der Waals surface area (Å²) in [6.07, 6.45) is 4.12. The van der Waals surface area contributed by atoms with Crippen LogP contribution >= 0.6 is 11.8 Å². The SMILES string of the molecule is CCCCCSCC(N)c1ccc(OC(C)C)cc1. The van der Waals surface area contributed by atoms with E-state index < -0.39 is 0 Å². The quantitative estimate of drug-likeness (QED) is 0.681. The minimum absolute atomic E-state index is 0.125. The van der Waals surface area contributed by atoms with Crippen molar-refractivity contribution in [3.63, 3.8) is 0 Å². The van der Waals surface area contributed by atoms with Gasteiger partial charge in [0.05, 0.1) is 6.10 Å². The molecule has 0 heterocycles. The third kappa shape index (κ3) is 6.88. The number of unbranched alkanes of at least 4 members (excludes halogenated alkanes) is 2. The first-order valence-corrected chi connectivity index (χ1v) is 8.39. The summed E-state index contributed by atoms with van der Waals surface area (Å²) in [6.45, 7) is 6.30. The molecule has 0 saturated heterocycles. The third-order valence-electron chi connectivity index (χ3n) is 2.87. The molecule has 1 aromatic carbocycles. The molecule has 0 bridgehead atoms. The van der Waals surface area contributed by atoms with Gasteiger partial charge in [0, 0.05) is 11.8 Å². The summed E-state index contributed by atoms with van der Waals surface area (Å²) < 4.78 is 5.63. The van der Waals surface area contributed by atoms with Crippen LogP contribution in [0.3, 0.4) is 0 Å². The van der Waals surface area contributed by atoms with Gasteiger partial charge in [-0.1, -0.05) is 31.9 Å². The molecule has 0 radical (unpaired) electrons. The van der Waals surface area contributed by atoms with Gasteiger partial charge in [-0.15, -0.1) is 0 Å². The van der Waals surface area contributed by atoms with Gasteiger partial charge >= 0.3 is 0 Å². The average molecular weight is 281 g/mol. The van der Waals surface area contributed by atoms with E-state index in [2.05, 4.69) is 19.1 Å². The Morgan fingerprint density at radius 3 is 2.42 bits per heavy atom. The molecule has 1 rings (SSSR count). The normalized spacial score (nSPS) is 12.7. The lowest BCUT2D eigenvalue weighted by Gasteiger charge is -2.14. The maximum Gasteiger partial charge on any atom is 0.119 e. The van der Waals surface area contributed by atoms with Gasteiger partial charge in [0.15, 0.2) is 0 Å². The van der Waals surface area contributed by atoms with Crippen LogP contribution in [0.4, 0.5) is 0 Å². The van der Waals surface area contributed by atoms with E-state index in [1.165, 1.54) is 30.6 Å². The fourth-order valence-corrected chi connectivity index (χ4v) is 2.85. The Kier molecular flexibility index (Phi) is 7.99. The van der Waals surface area contributed by atoms with Crippen LogP contribution in [0, 0.1) is 0 Å². The molecule has 0 aliphatic heterocycles. The average Bonchev–Trinajstić information content (AvgIpc) is 2.38. The summed E-state index contributed by atoms with van der Waals surface area (Å²) in [5, 5.41) is 0. The van der Waals surface area contributed by atoms with Gasteiger partial charge < -0.3 is 10.5 Å². The standard InChI is InChI=1S/C16H27NOS/c1-4-5-6-11-19-12-16(17)14-7-9-15(10-8-14)18-13(2)3/h7-10,13,16H,4-6,11-12,17H2,1-3H3. The molecular weight excluding hydrogens is 254 g/mol. The van der Waals surface area contributed by atoms with Crippen LogP contribution in [-0.4, -0.2) is 17.6 Å². The number of thioether (sulfide) groups is 1.